The minimum Gasteiger partial charge on any atom is -0.462 e. The smallest absolute Gasteiger partial charge is 0.306 e. The minimum absolute atomic E-state index is 0.0716. The van der Waals surface area contributed by atoms with Crippen molar-refractivity contribution >= 4 is 17.9 Å². The molecule has 0 aromatic heterocycles. The van der Waals surface area contributed by atoms with Gasteiger partial charge in [-0.05, 0) is 44.9 Å². The van der Waals surface area contributed by atoms with Gasteiger partial charge in [0.25, 0.3) is 0 Å². The van der Waals surface area contributed by atoms with E-state index in [9.17, 15) is 14.4 Å². The molecule has 67 heavy (non-hydrogen) atoms. The number of carbonyl (C=O) groups excluding carboxylic acids is 3. The SMILES string of the molecule is CCC/C=C\C/C=C\CCCCCCCC(=O)OC(COC(=O)CCCCCCCCCCCCCCC)COC(=O)CCCCCCCCCCCCCCCCCCCCCCCCC. The van der Waals surface area contributed by atoms with Crippen LogP contribution < -0.4 is 0 Å². The minimum atomic E-state index is -0.773. The van der Waals surface area contributed by atoms with Crippen LogP contribution in [0.15, 0.2) is 24.3 Å². The van der Waals surface area contributed by atoms with Crippen molar-refractivity contribution in [3.8, 4) is 0 Å². The molecular weight excluding hydrogens is 829 g/mol. The third kappa shape index (κ3) is 54.7. The number of unbranched alkanes of at least 4 members (excludes halogenated alkanes) is 40. The molecule has 0 aliphatic heterocycles. The van der Waals surface area contributed by atoms with Gasteiger partial charge >= 0.3 is 17.9 Å². The summed E-state index contributed by atoms with van der Waals surface area (Å²) in [6.45, 7) is 6.62. The molecule has 0 heterocycles. The van der Waals surface area contributed by atoms with Crippen LogP contribution in [0.1, 0.15) is 329 Å². The van der Waals surface area contributed by atoms with Gasteiger partial charge in [0.05, 0.1) is 0 Å². The highest BCUT2D eigenvalue weighted by molar-refractivity contribution is 5.71. The van der Waals surface area contributed by atoms with Crippen LogP contribution in [0.3, 0.4) is 0 Å². The number of hydrogen-bond donors (Lipinski definition) is 0. The summed E-state index contributed by atoms with van der Waals surface area (Å²) in [6, 6.07) is 0. The Labute approximate surface area is 417 Å². The first kappa shape index (κ1) is 64.9. The van der Waals surface area contributed by atoms with Crippen molar-refractivity contribution in [2.24, 2.45) is 0 Å². The van der Waals surface area contributed by atoms with Crippen LogP contribution in [0.5, 0.6) is 0 Å². The summed E-state index contributed by atoms with van der Waals surface area (Å²) in [4.78, 5) is 38.1. The molecule has 0 rings (SSSR count). The summed E-state index contributed by atoms with van der Waals surface area (Å²) >= 11 is 0. The van der Waals surface area contributed by atoms with Crippen LogP contribution in [0.2, 0.25) is 0 Å². The number of rotatable bonds is 55. The van der Waals surface area contributed by atoms with Crippen LogP contribution in [-0.4, -0.2) is 37.2 Å². The zero-order valence-corrected chi connectivity index (χ0v) is 45.2. The molecule has 0 amide bonds. The predicted molar refractivity (Wildman–Crippen MR) is 289 cm³/mol. The summed E-state index contributed by atoms with van der Waals surface area (Å²) in [7, 11) is 0. The van der Waals surface area contributed by atoms with Crippen molar-refractivity contribution in [1.29, 1.82) is 0 Å². The van der Waals surface area contributed by atoms with Crippen molar-refractivity contribution < 1.29 is 28.6 Å². The number of ether oxygens (including phenoxy) is 3. The molecule has 1 atom stereocenters. The van der Waals surface area contributed by atoms with Gasteiger partial charge in [0.2, 0.25) is 0 Å². The van der Waals surface area contributed by atoms with Gasteiger partial charge in [0.1, 0.15) is 13.2 Å². The molecule has 0 aliphatic carbocycles. The van der Waals surface area contributed by atoms with Crippen molar-refractivity contribution in [3.05, 3.63) is 24.3 Å². The summed E-state index contributed by atoms with van der Waals surface area (Å²) < 4.78 is 16.9. The van der Waals surface area contributed by atoms with E-state index in [1.807, 2.05) is 0 Å². The zero-order valence-electron chi connectivity index (χ0n) is 45.2. The second-order valence-electron chi connectivity index (χ2n) is 20.3. The average molecular weight is 944 g/mol. The molecule has 0 saturated heterocycles. The fraction of sp³-hybridized carbons (Fsp3) is 0.885. The highest BCUT2D eigenvalue weighted by Gasteiger charge is 2.19. The van der Waals surface area contributed by atoms with Gasteiger partial charge in [-0.25, -0.2) is 0 Å². The Balaban J connectivity index is 4.22. The van der Waals surface area contributed by atoms with Crippen molar-refractivity contribution in [2.75, 3.05) is 13.2 Å². The Morgan fingerprint density at radius 2 is 0.567 bits per heavy atom. The molecule has 1 unspecified atom stereocenters. The highest BCUT2D eigenvalue weighted by atomic mass is 16.6. The van der Waals surface area contributed by atoms with Crippen molar-refractivity contribution in [2.45, 2.75) is 335 Å². The fourth-order valence-electron chi connectivity index (χ4n) is 8.95. The Morgan fingerprint density at radius 3 is 0.881 bits per heavy atom. The molecule has 394 valence electrons. The standard InChI is InChI=1S/C61H114O6/c1-4-7-10-13-16-19-22-25-26-27-28-29-30-31-32-33-34-37-39-42-45-48-51-54-60(63)66-57-58(67-61(64)55-52-49-46-43-40-36-24-21-18-15-12-9-6-3)56-65-59(62)53-50-47-44-41-38-35-23-20-17-14-11-8-5-2/h12,15,21,24,58H,4-11,13-14,16-20,22-23,25-57H2,1-3H3/b15-12-,24-21-. The molecule has 0 fully saturated rings. The van der Waals surface area contributed by atoms with Crippen molar-refractivity contribution in [3.63, 3.8) is 0 Å². The Bertz CT molecular complexity index is 1080. The molecule has 0 bridgehead atoms. The number of esters is 3. The molecule has 0 N–H and O–H groups in total. The molecule has 0 radical (unpaired) electrons. The molecule has 6 nitrogen and oxygen atoms in total. The van der Waals surface area contributed by atoms with E-state index in [1.165, 1.54) is 199 Å². The Kier molecular flexibility index (Phi) is 54.7. The third-order valence-electron chi connectivity index (χ3n) is 13.4. The Hall–Kier alpha value is -2.11. The van der Waals surface area contributed by atoms with Crippen LogP contribution >= 0.6 is 0 Å². The maximum atomic E-state index is 12.8. The average Bonchev–Trinajstić information content (AvgIpc) is 3.33. The highest BCUT2D eigenvalue weighted by Crippen LogP contribution is 2.17. The first-order valence-corrected chi connectivity index (χ1v) is 29.8. The van der Waals surface area contributed by atoms with Crippen LogP contribution in [0, 0.1) is 0 Å². The van der Waals surface area contributed by atoms with E-state index < -0.39 is 6.10 Å². The quantitative estimate of drug-likeness (QED) is 0.0262. The van der Waals surface area contributed by atoms with E-state index in [-0.39, 0.29) is 31.1 Å². The topological polar surface area (TPSA) is 78.9 Å². The molecule has 0 saturated carbocycles. The first-order chi connectivity index (χ1) is 33.0. The van der Waals surface area contributed by atoms with Gasteiger partial charge in [-0.3, -0.25) is 14.4 Å². The van der Waals surface area contributed by atoms with E-state index in [0.29, 0.717) is 19.3 Å². The summed E-state index contributed by atoms with van der Waals surface area (Å²) in [5, 5.41) is 0. The first-order valence-electron chi connectivity index (χ1n) is 29.8. The van der Waals surface area contributed by atoms with Crippen molar-refractivity contribution in [1.82, 2.24) is 0 Å². The third-order valence-corrected chi connectivity index (χ3v) is 13.4. The molecule has 0 aromatic carbocycles. The van der Waals surface area contributed by atoms with E-state index in [4.69, 9.17) is 14.2 Å². The van der Waals surface area contributed by atoms with Gasteiger partial charge in [0.15, 0.2) is 6.10 Å². The lowest BCUT2D eigenvalue weighted by molar-refractivity contribution is -0.167. The molecule has 0 spiro atoms. The number of allylic oxidation sites excluding steroid dienone is 4. The fourth-order valence-corrected chi connectivity index (χ4v) is 8.95. The Morgan fingerprint density at radius 1 is 0.299 bits per heavy atom. The van der Waals surface area contributed by atoms with E-state index in [1.54, 1.807) is 0 Å². The molecule has 6 heteroatoms. The normalized spacial score (nSPS) is 12.1. The molecule has 0 aliphatic rings. The zero-order chi connectivity index (χ0) is 48.6. The second kappa shape index (κ2) is 56.5. The monoisotopic (exact) mass is 943 g/mol. The van der Waals surface area contributed by atoms with Crippen LogP contribution in [0.4, 0.5) is 0 Å². The lowest BCUT2D eigenvalue weighted by atomic mass is 10.0. The summed E-state index contributed by atoms with van der Waals surface area (Å²) in [6.07, 6.45) is 66.1. The lowest BCUT2D eigenvalue weighted by Gasteiger charge is -2.18. The maximum Gasteiger partial charge on any atom is 0.306 e. The lowest BCUT2D eigenvalue weighted by Crippen LogP contribution is -2.30. The van der Waals surface area contributed by atoms with Crippen LogP contribution in [0.25, 0.3) is 0 Å². The van der Waals surface area contributed by atoms with E-state index in [0.717, 1.165) is 89.9 Å². The van der Waals surface area contributed by atoms with E-state index >= 15 is 0 Å². The largest absolute Gasteiger partial charge is 0.462 e. The second-order valence-corrected chi connectivity index (χ2v) is 20.3. The van der Waals surface area contributed by atoms with Gasteiger partial charge in [-0.1, -0.05) is 289 Å². The summed E-state index contributed by atoms with van der Waals surface area (Å²) in [5.74, 6) is -0.864. The van der Waals surface area contributed by atoms with Gasteiger partial charge < -0.3 is 14.2 Å². The van der Waals surface area contributed by atoms with E-state index in [2.05, 4.69) is 45.1 Å². The van der Waals surface area contributed by atoms with Gasteiger partial charge in [-0.2, -0.15) is 0 Å². The maximum absolute atomic E-state index is 12.8. The molecular formula is C61H114O6. The summed E-state index contributed by atoms with van der Waals surface area (Å²) in [5.41, 5.74) is 0. The number of carbonyl (C=O) groups is 3. The van der Waals surface area contributed by atoms with Gasteiger partial charge in [-0.15, -0.1) is 0 Å². The molecule has 0 aromatic rings. The predicted octanol–water partition coefficient (Wildman–Crippen LogP) is 19.9. The van der Waals surface area contributed by atoms with Crippen LogP contribution in [-0.2, 0) is 28.6 Å². The number of hydrogen-bond acceptors (Lipinski definition) is 6. The van der Waals surface area contributed by atoms with Gasteiger partial charge in [0, 0.05) is 19.3 Å².